The van der Waals surface area contributed by atoms with Crippen LogP contribution in [-0.2, 0) is 0 Å². The molecule has 1 aromatic heterocycles. The van der Waals surface area contributed by atoms with E-state index in [1.807, 2.05) is 0 Å². The van der Waals surface area contributed by atoms with Crippen LogP contribution in [0.15, 0.2) is 22.1 Å². The molecule has 0 aliphatic heterocycles. The summed E-state index contributed by atoms with van der Waals surface area (Å²) in [6, 6.07) is 4.15. The number of nitrogens with zero attached hydrogens (tertiary/aromatic N) is 2. The summed E-state index contributed by atoms with van der Waals surface area (Å²) in [5, 5.41) is 8.69. The normalized spacial score (nSPS) is 10.5. The Balaban J connectivity index is 2.55. The minimum Gasteiger partial charge on any atom is -0.207 e. The zero-order valence-electron chi connectivity index (χ0n) is 6.67. The van der Waals surface area contributed by atoms with Crippen molar-refractivity contribution in [2.24, 2.45) is 0 Å². The third-order valence-corrected chi connectivity index (χ3v) is 3.28. The summed E-state index contributed by atoms with van der Waals surface area (Å²) in [6.07, 6.45) is 0. The van der Waals surface area contributed by atoms with Gasteiger partial charge in [0.1, 0.15) is 10.8 Å². The molecule has 0 spiro atoms. The molecule has 2 rings (SSSR count). The lowest BCUT2D eigenvalue weighted by molar-refractivity contribution is 0.628. The fraction of sp³-hybridized carbons (Fsp3) is 0. The molecule has 1 heterocycles. The SMILES string of the molecule is Fc1ccc(Cl)c(-c2nnc(Br)s2)c1. The molecule has 0 unspecified atom stereocenters. The van der Waals surface area contributed by atoms with Gasteiger partial charge in [-0.25, -0.2) is 4.39 Å². The van der Waals surface area contributed by atoms with Gasteiger partial charge in [-0.2, -0.15) is 0 Å². The first kappa shape index (κ1) is 10.0. The summed E-state index contributed by atoms with van der Waals surface area (Å²) in [6.45, 7) is 0. The van der Waals surface area contributed by atoms with Crippen molar-refractivity contribution in [2.75, 3.05) is 0 Å². The molecule has 2 nitrogen and oxygen atoms in total. The predicted molar refractivity (Wildman–Crippen MR) is 58.0 cm³/mol. The van der Waals surface area contributed by atoms with Crippen LogP contribution in [0.25, 0.3) is 10.6 Å². The second-order valence-electron chi connectivity index (χ2n) is 2.48. The van der Waals surface area contributed by atoms with Gasteiger partial charge in [0.2, 0.25) is 0 Å². The van der Waals surface area contributed by atoms with Crippen LogP contribution in [0.4, 0.5) is 4.39 Å². The Morgan fingerprint density at radius 1 is 1.36 bits per heavy atom. The van der Waals surface area contributed by atoms with Crippen LogP contribution in [0.2, 0.25) is 5.02 Å². The molecule has 6 heteroatoms. The van der Waals surface area contributed by atoms with E-state index in [1.54, 1.807) is 0 Å². The molecule has 0 saturated carbocycles. The van der Waals surface area contributed by atoms with Gasteiger partial charge < -0.3 is 0 Å². The maximum Gasteiger partial charge on any atom is 0.183 e. The van der Waals surface area contributed by atoms with Gasteiger partial charge in [-0.15, -0.1) is 10.2 Å². The Morgan fingerprint density at radius 3 is 2.79 bits per heavy atom. The van der Waals surface area contributed by atoms with Crippen molar-refractivity contribution >= 4 is 38.9 Å². The number of rotatable bonds is 1. The zero-order valence-corrected chi connectivity index (χ0v) is 9.83. The van der Waals surface area contributed by atoms with Crippen molar-refractivity contribution in [1.29, 1.82) is 0 Å². The molecule has 1 aromatic carbocycles. The number of hydrogen-bond donors (Lipinski definition) is 0. The average molecular weight is 294 g/mol. The minimum atomic E-state index is -0.337. The number of hydrogen-bond acceptors (Lipinski definition) is 3. The molecule has 0 aliphatic rings. The Labute approximate surface area is 96.9 Å². The first-order chi connectivity index (χ1) is 6.66. The van der Waals surface area contributed by atoms with Crippen LogP contribution >= 0.6 is 38.9 Å². The van der Waals surface area contributed by atoms with Crippen LogP contribution in [0.3, 0.4) is 0 Å². The lowest BCUT2D eigenvalue weighted by atomic mass is 10.2. The highest BCUT2D eigenvalue weighted by atomic mass is 79.9. The second-order valence-corrected chi connectivity index (χ2v) is 5.15. The Kier molecular flexibility index (Phi) is 2.80. The highest BCUT2D eigenvalue weighted by Crippen LogP contribution is 2.32. The molecule has 0 amide bonds. The lowest BCUT2D eigenvalue weighted by Gasteiger charge is -1.98. The van der Waals surface area contributed by atoms with Gasteiger partial charge in [0, 0.05) is 5.56 Å². The molecular weight excluding hydrogens is 291 g/mol. The van der Waals surface area contributed by atoms with Gasteiger partial charge >= 0.3 is 0 Å². The van der Waals surface area contributed by atoms with E-state index in [0.29, 0.717) is 19.5 Å². The van der Waals surface area contributed by atoms with Gasteiger partial charge in [0.05, 0.1) is 5.02 Å². The third kappa shape index (κ3) is 1.94. The minimum absolute atomic E-state index is 0.337. The average Bonchev–Trinajstić information content (AvgIpc) is 2.56. The quantitative estimate of drug-likeness (QED) is 0.800. The second kappa shape index (κ2) is 3.92. The van der Waals surface area contributed by atoms with Gasteiger partial charge in [-0.05, 0) is 34.1 Å². The van der Waals surface area contributed by atoms with E-state index in [2.05, 4.69) is 26.1 Å². The predicted octanol–water partition coefficient (Wildman–Crippen LogP) is 3.76. The first-order valence-electron chi connectivity index (χ1n) is 3.61. The van der Waals surface area contributed by atoms with Crippen LogP contribution in [-0.4, -0.2) is 10.2 Å². The van der Waals surface area contributed by atoms with Crippen molar-refractivity contribution in [1.82, 2.24) is 10.2 Å². The summed E-state index contributed by atoms with van der Waals surface area (Å²) in [5.41, 5.74) is 0.565. The largest absolute Gasteiger partial charge is 0.207 e. The highest BCUT2D eigenvalue weighted by Gasteiger charge is 2.09. The van der Waals surface area contributed by atoms with E-state index in [1.165, 1.54) is 29.5 Å². The van der Waals surface area contributed by atoms with E-state index >= 15 is 0 Å². The summed E-state index contributed by atoms with van der Waals surface area (Å²) < 4.78 is 13.6. The van der Waals surface area contributed by atoms with Crippen molar-refractivity contribution in [3.05, 3.63) is 33.0 Å². The Hall–Kier alpha value is -0.520. The molecule has 0 bridgehead atoms. The first-order valence-corrected chi connectivity index (χ1v) is 5.60. The summed E-state index contributed by atoms with van der Waals surface area (Å²) in [4.78, 5) is 0. The van der Waals surface area contributed by atoms with Gasteiger partial charge in [0.15, 0.2) is 3.92 Å². The zero-order chi connectivity index (χ0) is 10.1. The lowest BCUT2D eigenvalue weighted by Crippen LogP contribution is -1.81. The van der Waals surface area contributed by atoms with Gasteiger partial charge in [0.25, 0.3) is 0 Å². The van der Waals surface area contributed by atoms with E-state index in [0.717, 1.165) is 0 Å². The van der Waals surface area contributed by atoms with Crippen LogP contribution < -0.4 is 0 Å². The van der Waals surface area contributed by atoms with Crippen LogP contribution in [0, 0.1) is 5.82 Å². The Bertz CT molecular complexity index is 474. The molecule has 0 N–H and O–H groups in total. The highest BCUT2D eigenvalue weighted by molar-refractivity contribution is 9.11. The van der Waals surface area contributed by atoms with Crippen LogP contribution in [0.1, 0.15) is 0 Å². The van der Waals surface area contributed by atoms with E-state index in [-0.39, 0.29) is 5.82 Å². The molecule has 0 aliphatic carbocycles. The van der Waals surface area contributed by atoms with Crippen molar-refractivity contribution < 1.29 is 4.39 Å². The topological polar surface area (TPSA) is 25.8 Å². The summed E-state index contributed by atoms with van der Waals surface area (Å²) in [5.74, 6) is -0.337. The molecule has 0 saturated heterocycles. The van der Waals surface area contributed by atoms with Crippen LogP contribution in [0.5, 0.6) is 0 Å². The standard InChI is InChI=1S/C8H3BrClFN2S/c9-8-13-12-7(14-8)5-3-4(11)1-2-6(5)10/h1-3H. The Morgan fingerprint density at radius 2 is 2.14 bits per heavy atom. The van der Waals surface area contributed by atoms with Gasteiger partial charge in [-0.1, -0.05) is 22.9 Å². The monoisotopic (exact) mass is 292 g/mol. The van der Waals surface area contributed by atoms with Crippen molar-refractivity contribution in [3.8, 4) is 10.6 Å². The van der Waals surface area contributed by atoms with E-state index in [9.17, 15) is 4.39 Å². The molecular formula is C8H3BrClFN2S. The fourth-order valence-corrected chi connectivity index (χ4v) is 2.38. The smallest absolute Gasteiger partial charge is 0.183 e. The number of aromatic nitrogens is 2. The van der Waals surface area contributed by atoms with E-state index < -0.39 is 0 Å². The molecule has 14 heavy (non-hydrogen) atoms. The molecule has 2 aromatic rings. The molecule has 0 atom stereocenters. The fourth-order valence-electron chi connectivity index (χ4n) is 0.976. The summed E-state index contributed by atoms with van der Waals surface area (Å²) in [7, 11) is 0. The molecule has 72 valence electrons. The number of halogens is 3. The molecule has 0 radical (unpaired) electrons. The maximum atomic E-state index is 12.9. The third-order valence-electron chi connectivity index (χ3n) is 1.56. The number of benzene rings is 1. The van der Waals surface area contributed by atoms with Gasteiger partial charge in [-0.3, -0.25) is 0 Å². The summed E-state index contributed by atoms with van der Waals surface area (Å²) >= 11 is 10.4. The maximum absolute atomic E-state index is 12.9. The van der Waals surface area contributed by atoms with Crippen molar-refractivity contribution in [2.45, 2.75) is 0 Å². The molecule has 0 fully saturated rings. The van der Waals surface area contributed by atoms with Crippen molar-refractivity contribution in [3.63, 3.8) is 0 Å². The van der Waals surface area contributed by atoms with E-state index in [4.69, 9.17) is 11.6 Å².